The first-order chi connectivity index (χ1) is 8.97. The topological polar surface area (TPSA) is 92.4 Å². The molecule has 2 N–H and O–H groups in total. The monoisotopic (exact) mass is 324 g/mol. The quantitative estimate of drug-likeness (QED) is 0.905. The molecule has 7 heteroatoms. The molecule has 1 heterocycles. The molecular weight excluding hydrogens is 316 g/mol. The summed E-state index contributed by atoms with van der Waals surface area (Å²) in [4.78, 5) is 22.9. The number of benzene rings is 1. The Morgan fingerprint density at radius 2 is 2.11 bits per heavy atom. The number of carbonyl (C=O) groups is 2. The molecule has 0 unspecified atom stereocenters. The smallest absolute Gasteiger partial charge is 0.337 e. The minimum absolute atomic E-state index is 0.0112. The van der Waals surface area contributed by atoms with Crippen LogP contribution in [0.2, 0.25) is 0 Å². The van der Waals surface area contributed by atoms with Gasteiger partial charge in [0.25, 0.3) is 5.91 Å². The normalized spacial score (nSPS) is 10.2. The average molecular weight is 325 g/mol. The van der Waals surface area contributed by atoms with E-state index in [2.05, 4.69) is 26.4 Å². The number of anilines is 1. The molecule has 1 aromatic carbocycles. The van der Waals surface area contributed by atoms with Gasteiger partial charge in [0.15, 0.2) is 5.69 Å². The van der Waals surface area contributed by atoms with E-state index >= 15 is 0 Å². The van der Waals surface area contributed by atoms with Crippen LogP contribution in [0, 0.1) is 6.92 Å². The van der Waals surface area contributed by atoms with Gasteiger partial charge in [-0.25, -0.2) is 4.79 Å². The lowest BCUT2D eigenvalue weighted by Gasteiger charge is -2.07. The van der Waals surface area contributed by atoms with Crippen molar-refractivity contribution in [1.29, 1.82) is 0 Å². The molecule has 0 atom stereocenters. The van der Waals surface area contributed by atoms with Crippen LogP contribution in [0.1, 0.15) is 26.6 Å². The van der Waals surface area contributed by atoms with Gasteiger partial charge in [-0.15, -0.1) is 0 Å². The van der Waals surface area contributed by atoms with E-state index in [4.69, 9.17) is 9.63 Å². The number of aryl methyl sites for hydroxylation is 1. The molecule has 19 heavy (non-hydrogen) atoms. The summed E-state index contributed by atoms with van der Waals surface area (Å²) < 4.78 is 5.40. The van der Waals surface area contributed by atoms with Crippen molar-refractivity contribution in [2.45, 2.75) is 6.92 Å². The first kappa shape index (κ1) is 13.3. The van der Waals surface area contributed by atoms with Gasteiger partial charge in [-0.1, -0.05) is 21.1 Å². The fourth-order valence-electron chi connectivity index (χ4n) is 1.46. The van der Waals surface area contributed by atoms with E-state index in [1.54, 1.807) is 13.0 Å². The van der Waals surface area contributed by atoms with Crippen LogP contribution in [-0.4, -0.2) is 22.1 Å². The summed E-state index contributed by atoms with van der Waals surface area (Å²) in [6.07, 6.45) is 0. The van der Waals surface area contributed by atoms with Crippen molar-refractivity contribution in [1.82, 2.24) is 5.16 Å². The summed E-state index contributed by atoms with van der Waals surface area (Å²) >= 11 is 3.18. The number of aromatic carboxylic acids is 1. The summed E-state index contributed by atoms with van der Waals surface area (Å²) in [5.74, 6) is -1.16. The van der Waals surface area contributed by atoms with Gasteiger partial charge in [0.2, 0.25) is 0 Å². The molecule has 0 fully saturated rings. The van der Waals surface area contributed by atoms with Crippen LogP contribution in [0.15, 0.2) is 33.3 Å². The number of nitrogens with one attached hydrogen (secondary N) is 1. The fourth-order valence-corrected chi connectivity index (χ4v) is 1.82. The summed E-state index contributed by atoms with van der Waals surface area (Å²) in [5.41, 5.74) is 0.279. The number of halogens is 1. The van der Waals surface area contributed by atoms with Crippen LogP contribution < -0.4 is 5.32 Å². The number of carboxylic acids is 1. The highest BCUT2D eigenvalue weighted by atomic mass is 79.9. The van der Waals surface area contributed by atoms with Crippen LogP contribution in [0.25, 0.3) is 0 Å². The largest absolute Gasteiger partial charge is 0.478 e. The Hall–Kier alpha value is -2.15. The van der Waals surface area contributed by atoms with E-state index < -0.39 is 11.9 Å². The highest BCUT2D eigenvalue weighted by Gasteiger charge is 2.16. The van der Waals surface area contributed by atoms with Crippen molar-refractivity contribution < 1.29 is 19.2 Å². The average Bonchev–Trinajstić information content (AvgIpc) is 2.78. The number of amides is 1. The predicted octanol–water partition coefficient (Wildman–Crippen LogP) is 2.70. The molecule has 1 amide bonds. The Balaban J connectivity index is 2.28. The van der Waals surface area contributed by atoms with Crippen LogP contribution in [0.4, 0.5) is 5.69 Å². The van der Waals surface area contributed by atoms with Crippen LogP contribution >= 0.6 is 15.9 Å². The lowest BCUT2D eigenvalue weighted by molar-refractivity contribution is 0.0698. The molecule has 2 aromatic rings. The number of hydrogen-bond donors (Lipinski definition) is 2. The minimum Gasteiger partial charge on any atom is -0.478 e. The highest BCUT2D eigenvalue weighted by molar-refractivity contribution is 9.10. The van der Waals surface area contributed by atoms with Gasteiger partial charge in [0.05, 0.1) is 11.3 Å². The molecular formula is C12H9BrN2O4. The van der Waals surface area contributed by atoms with E-state index in [-0.39, 0.29) is 16.9 Å². The Bertz CT molecular complexity index is 651. The zero-order chi connectivity index (χ0) is 14.0. The lowest BCUT2D eigenvalue weighted by Crippen LogP contribution is -2.15. The second kappa shape index (κ2) is 5.23. The van der Waals surface area contributed by atoms with Gasteiger partial charge in [0, 0.05) is 10.5 Å². The van der Waals surface area contributed by atoms with Gasteiger partial charge >= 0.3 is 5.97 Å². The van der Waals surface area contributed by atoms with Crippen LogP contribution in [0.5, 0.6) is 0 Å². The number of carbonyl (C=O) groups excluding carboxylic acids is 1. The van der Waals surface area contributed by atoms with E-state index in [0.717, 1.165) is 0 Å². The van der Waals surface area contributed by atoms with E-state index in [0.29, 0.717) is 10.2 Å². The molecule has 0 aliphatic rings. The van der Waals surface area contributed by atoms with Crippen LogP contribution in [0.3, 0.4) is 0 Å². The third-order valence-electron chi connectivity index (χ3n) is 2.32. The molecule has 0 bridgehead atoms. The van der Waals surface area contributed by atoms with E-state index in [1.807, 2.05) is 0 Å². The van der Waals surface area contributed by atoms with Gasteiger partial charge in [-0.05, 0) is 25.1 Å². The number of hydrogen-bond acceptors (Lipinski definition) is 4. The van der Waals surface area contributed by atoms with Crippen molar-refractivity contribution >= 4 is 33.5 Å². The summed E-state index contributed by atoms with van der Waals surface area (Å²) in [5, 5.41) is 15.1. The fraction of sp³-hybridized carbons (Fsp3) is 0.0833. The second-order valence-electron chi connectivity index (χ2n) is 3.77. The molecule has 1 aromatic heterocycles. The highest BCUT2D eigenvalue weighted by Crippen LogP contribution is 2.21. The Morgan fingerprint density at radius 1 is 1.37 bits per heavy atom. The molecule has 6 nitrogen and oxygen atoms in total. The number of nitrogens with zero attached hydrogens (tertiary/aromatic N) is 1. The Labute approximate surface area is 116 Å². The standard InChI is InChI=1S/C12H9BrN2O4/c1-6-4-10(15-19-6)11(16)14-9-3-2-7(13)5-8(9)12(17)18/h2-5H,1H3,(H,14,16)(H,17,18). The summed E-state index contributed by atoms with van der Waals surface area (Å²) in [7, 11) is 0. The van der Waals surface area contributed by atoms with Crippen molar-refractivity contribution in [3.63, 3.8) is 0 Å². The van der Waals surface area contributed by atoms with Crippen LogP contribution in [-0.2, 0) is 0 Å². The third kappa shape index (κ3) is 3.00. The SMILES string of the molecule is Cc1cc(C(=O)Nc2ccc(Br)cc2C(=O)O)no1. The minimum atomic E-state index is -1.13. The van der Waals surface area contributed by atoms with Crippen molar-refractivity contribution in [2.75, 3.05) is 5.32 Å². The van der Waals surface area contributed by atoms with Gasteiger partial charge in [0.1, 0.15) is 5.76 Å². The zero-order valence-electron chi connectivity index (χ0n) is 9.81. The molecule has 0 aliphatic carbocycles. The van der Waals surface area contributed by atoms with E-state index in [9.17, 15) is 9.59 Å². The van der Waals surface area contributed by atoms with Gasteiger partial charge in [-0.3, -0.25) is 4.79 Å². The second-order valence-corrected chi connectivity index (χ2v) is 4.69. The van der Waals surface area contributed by atoms with Gasteiger partial charge < -0.3 is 14.9 Å². The molecule has 0 spiro atoms. The maximum atomic E-state index is 11.8. The lowest BCUT2D eigenvalue weighted by atomic mass is 10.1. The first-order valence-corrected chi connectivity index (χ1v) is 6.04. The molecule has 0 aliphatic heterocycles. The van der Waals surface area contributed by atoms with Crippen molar-refractivity contribution in [3.05, 3.63) is 45.8 Å². The maximum Gasteiger partial charge on any atom is 0.337 e. The predicted molar refractivity (Wildman–Crippen MR) is 70.3 cm³/mol. The van der Waals surface area contributed by atoms with Crippen molar-refractivity contribution in [2.24, 2.45) is 0 Å². The first-order valence-electron chi connectivity index (χ1n) is 5.25. The summed E-state index contributed by atoms with van der Waals surface area (Å²) in [6, 6.07) is 6.01. The van der Waals surface area contributed by atoms with Crippen molar-refractivity contribution in [3.8, 4) is 0 Å². The number of carboxylic acid groups (broad SMARTS) is 1. The summed E-state index contributed by atoms with van der Waals surface area (Å²) in [6.45, 7) is 1.66. The molecule has 2 rings (SSSR count). The third-order valence-corrected chi connectivity index (χ3v) is 2.81. The number of aromatic nitrogens is 1. The molecule has 0 saturated carbocycles. The zero-order valence-corrected chi connectivity index (χ0v) is 11.4. The Morgan fingerprint density at radius 3 is 2.68 bits per heavy atom. The molecule has 0 saturated heterocycles. The Kier molecular flexibility index (Phi) is 3.66. The van der Waals surface area contributed by atoms with E-state index in [1.165, 1.54) is 18.2 Å². The molecule has 98 valence electrons. The molecule has 0 radical (unpaired) electrons. The number of rotatable bonds is 3. The van der Waals surface area contributed by atoms with Gasteiger partial charge in [-0.2, -0.15) is 0 Å². The maximum absolute atomic E-state index is 11.8.